The monoisotopic (exact) mass is 214 g/mol. The minimum Gasteiger partial charge on any atom is -0.244 e. The molecule has 2 nitrogen and oxygen atoms in total. The SMILES string of the molecule is CC(C)c1cc(C(C)C)c2ncncc2c1. The van der Waals surface area contributed by atoms with Gasteiger partial charge < -0.3 is 0 Å². The molecule has 0 atom stereocenters. The van der Waals surface area contributed by atoms with Crippen molar-refractivity contribution in [2.75, 3.05) is 0 Å². The summed E-state index contributed by atoms with van der Waals surface area (Å²) in [6.07, 6.45) is 3.53. The van der Waals surface area contributed by atoms with Gasteiger partial charge in [-0.05, 0) is 29.0 Å². The van der Waals surface area contributed by atoms with Crippen LogP contribution in [0.5, 0.6) is 0 Å². The zero-order valence-electron chi connectivity index (χ0n) is 10.4. The number of aromatic nitrogens is 2. The Kier molecular flexibility index (Phi) is 2.90. The molecule has 0 radical (unpaired) electrons. The predicted octanol–water partition coefficient (Wildman–Crippen LogP) is 3.88. The summed E-state index contributed by atoms with van der Waals surface area (Å²) in [5.41, 5.74) is 3.78. The van der Waals surface area contributed by atoms with Crippen LogP contribution in [0.4, 0.5) is 0 Å². The van der Waals surface area contributed by atoms with Gasteiger partial charge in [0.2, 0.25) is 0 Å². The van der Waals surface area contributed by atoms with E-state index >= 15 is 0 Å². The van der Waals surface area contributed by atoms with Crippen molar-refractivity contribution in [2.24, 2.45) is 0 Å². The van der Waals surface area contributed by atoms with Crippen molar-refractivity contribution in [3.05, 3.63) is 35.8 Å². The molecule has 84 valence electrons. The number of rotatable bonds is 2. The molecule has 0 aliphatic carbocycles. The summed E-state index contributed by atoms with van der Waals surface area (Å²) in [4.78, 5) is 8.49. The van der Waals surface area contributed by atoms with Gasteiger partial charge >= 0.3 is 0 Å². The Morgan fingerprint density at radius 3 is 2.38 bits per heavy atom. The lowest BCUT2D eigenvalue weighted by atomic mass is 9.93. The predicted molar refractivity (Wildman–Crippen MR) is 67.7 cm³/mol. The Balaban J connectivity index is 2.74. The molecular formula is C14H18N2. The fraction of sp³-hybridized carbons (Fsp3) is 0.429. The summed E-state index contributed by atoms with van der Waals surface area (Å²) in [6, 6.07) is 4.48. The van der Waals surface area contributed by atoms with E-state index in [1.165, 1.54) is 11.1 Å². The third-order valence-corrected chi connectivity index (χ3v) is 2.95. The number of fused-ring (bicyclic) bond motifs is 1. The van der Waals surface area contributed by atoms with Crippen molar-refractivity contribution in [3.63, 3.8) is 0 Å². The largest absolute Gasteiger partial charge is 0.244 e. The van der Waals surface area contributed by atoms with E-state index in [-0.39, 0.29) is 0 Å². The molecule has 1 aromatic carbocycles. The van der Waals surface area contributed by atoms with Crippen LogP contribution in [0, 0.1) is 0 Å². The van der Waals surface area contributed by atoms with Crippen molar-refractivity contribution in [1.29, 1.82) is 0 Å². The molecule has 0 unspecified atom stereocenters. The second kappa shape index (κ2) is 4.20. The second-order valence-corrected chi connectivity index (χ2v) is 4.88. The number of benzene rings is 1. The summed E-state index contributed by atoms with van der Waals surface area (Å²) in [5.74, 6) is 1.04. The molecule has 0 saturated carbocycles. The van der Waals surface area contributed by atoms with Crippen molar-refractivity contribution < 1.29 is 0 Å². The minimum atomic E-state index is 0.496. The van der Waals surface area contributed by atoms with Crippen LogP contribution in [0.15, 0.2) is 24.7 Å². The fourth-order valence-corrected chi connectivity index (χ4v) is 1.93. The molecule has 0 spiro atoms. The number of nitrogens with zero attached hydrogens (tertiary/aromatic N) is 2. The van der Waals surface area contributed by atoms with Gasteiger partial charge in [0.15, 0.2) is 0 Å². The first kappa shape index (κ1) is 11.1. The van der Waals surface area contributed by atoms with Crippen molar-refractivity contribution in [3.8, 4) is 0 Å². The average molecular weight is 214 g/mol. The van der Waals surface area contributed by atoms with E-state index in [1.807, 2.05) is 6.20 Å². The van der Waals surface area contributed by atoms with Gasteiger partial charge in [-0.25, -0.2) is 9.97 Å². The van der Waals surface area contributed by atoms with Crippen LogP contribution in [0.3, 0.4) is 0 Å². The summed E-state index contributed by atoms with van der Waals surface area (Å²) in [7, 11) is 0. The first-order chi connectivity index (χ1) is 7.59. The van der Waals surface area contributed by atoms with E-state index in [0.29, 0.717) is 11.8 Å². The maximum Gasteiger partial charge on any atom is 0.116 e. The van der Waals surface area contributed by atoms with Crippen LogP contribution < -0.4 is 0 Å². The summed E-state index contributed by atoms with van der Waals surface area (Å²) in [5, 5.41) is 1.15. The van der Waals surface area contributed by atoms with Crippen molar-refractivity contribution in [2.45, 2.75) is 39.5 Å². The smallest absolute Gasteiger partial charge is 0.116 e. The van der Waals surface area contributed by atoms with Crippen molar-refractivity contribution in [1.82, 2.24) is 9.97 Å². The highest BCUT2D eigenvalue weighted by atomic mass is 14.8. The first-order valence-corrected chi connectivity index (χ1v) is 5.83. The summed E-state index contributed by atoms with van der Waals surface area (Å²) < 4.78 is 0. The van der Waals surface area contributed by atoms with E-state index in [0.717, 1.165) is 10.9 Å². The first-order valence-electron chi connectivity index (χ1n) is 5.83. The molecule has 0 bridgehead atoms. The van der Waals surface area contributed by atoms with E-state index < -0.39 is 0 Å². The van der Waals surface area contributed by atoms with Crippen LogP contribution in [0.2, 0.25) is 0 Å². The molecule has 0 aliphatic rings. The highest BCUT2D eigenvalue weighted by molar-refractivity contribution is 5.82. The molecule has 2 aromatic rings. The average Bonchev–Trinajstić information content (AvgIpc) is 2.27. The Morgan fingerprint density at radius 1 is 1.00 bits per heavy atom. The molecule has 2 rings (SSSR count). The summed E-state index contributed by atoms with van der Waals surface area (Å²) in [6.45, 7) is 8.85. The van der Waals surface area contributed by atoms with E-state index in [1.54, 1.807) is 6.33 Å². The lowest BCUT2D eigenvalue weighted by Gasteiger charge is -2.13. The van der Waals surface area contributed by atoms with Crippen LogP contribution >= 0.6 is 0 Å². The van der Waals surface area contributed by atoms with Gasteiger partial charge in [-0.2, -0.15) is 0 Å². The Bertz CT molecular complexity index is 501. The van der Waals surface area contributed by atoms with Gasteiger partial charge in [0.1, 0.15) is 6.33 Å². The third-order valence-electron chi connectivity index (χ3n) is 2.95. The quantitative estimate of drug-likeness (QED) is 0.758. The van der Waals surface area contributed by atoms with Gasteiger partial charge in [0.05, 0.1) is 5.52 Å². The van der Waals surface area contributed by atoms with Crippen LogP contribution in [0.25, 0.3) is 10.9 Å². The van der Waals surface area contributed by atoms with E-state index in [9.17, 15) is 0 Å². The molecule has 16 heavy (non-hydrogen) atoms. The standard InChI is InChI=1S/C14H18N2/c1-9(2)11-5-12-7-15-8-16-14(12)13(6-11)10(3)4/h5-10H,1-4H3. The molecule has 1 aromatic heterocycles. The lowest BCUT2D eigenvalue weighted by Crippen LogP contribution is -1.97. The molecule has 0 amide bonds. The topological polar surface area (TPSA) is 25.8 Å². The van der Waals surface area contributed by atoms with E-state index in [2.05, 4.69) is 49.8 Å². The molecule has 0 fully saturated rings. The third kappa shape index (κ3) is 1.92. The highest BCUT2D eigenvalue weighted by Crippen LogP contribution is 2.28. The summed E-state index contributed by atoms with van der Waals surface area (Å²) >= 11 is 0. The Hall–Kier alpha value is -1.44. The maximum absolute atomic E-state index is 4.39. The Morgan fingerprint density at radius 2 is 1.75 bits per heavy atom. The van der Waals surface area contributed by atoms with Gasteiger partial charge in [0.25, 0.3) is 0 Å². The lowest BCUT2D eigenvalue weighted by molar-refractivity contribution is 0.839. The van der Waals surface area contributed by atoms with Crippen LogP contribution in [-0.4, -0.2) is 9.97 Å². The van der Waals surface area contributed by atoms with Gasteiger partial charge in [-0.15, -0.1) is 0 Å². The molecule has 0 saturated heterocycles. The van der Waals surface area contributed by atoms with Crippen molar-refractivity contribution >= 4 is 10.9 Å². The number of hydrogen-bond donors (Lipinski definition) is 0. The van der Waals surface area contributed by atoms with Crippen LogP contribution in [-0.2, 0) is 0 Å². The van der Waals surface area contributed by atoms with Gasteiger partial charge in [0, 0.05) is 11.6 Å². The zero-order chi connectivity index (χ0) is 11.7. The van der Waals surface area contributed by atoms with E-state index in [4.69, 9.17) is 0 Å². The molecule has 2 heteroatoms. The second-order valence-electron chi connectivity index (χ2n) is 4.88. The molecule has 0 N–H and O–H groups in total. The zero-order valence-corrected chi connectivity index (χ0v) is 10.4. The molecular weight excluding hydrogens is 196 g/mol. The van der Waals surface area contributed by atoms with Gasteiger partial charge in [-0.3, -0.25) is 0 Å². The molecule has 1 heterocycles. The number of hydrogen-bond acceptors (Lipinski definition) is 2. The fourth-order valence-electron chi connectivity index (χ4n) is 1.93. The Labute approximate surface area is 96.7 Å². The minimum absolute atomic E-state index is 0.496. The van der Waals surface area contributed by atoms with Gasteiger partial charge in [-0.1, -0.05) is 33.8 Å². The maximum atomic E-state index is 4.39. The highest BCUT2D eigenvalue weighted by Gasteiger charge is 2.10. The van der Waals surface area contributed by atoms with Crippen LogP contribution in [0.1, 0.15) is 50.7 Å². The normalized spacial score (nSPS) is 11.6. The molecule has 0 aliphatic heterocycles.